The third-order valence-electron chi connectivity index (χ3n) is 4.73. The summed E-state index contributed by atoms with van der Waals surface area (Å²) in [5.74, 6) is 2.15. The maximum absolute atomic E-state index is 12.8. The maximum atomic E-state index is 12.8. The van der Waals surface area contributed by atoms with Crippen LogP contribution in [0.3, 0.4) is 0 Å². The first kappa shape index (κ1) is 15.8. The number of carbonyl (C=O) groups is 1. The van der Waals surface area contributed by atoms with Crippen LogP contribution in [0.1, 0.15) is 35.9 Å². The van der Waals surface area contributed by atoms with Crippen molar-refractivity contribution in [1.29, 1.82) is 0 Å². The highest BCUT2D eigenvalue weighted by Crippen LogP contribution is 2.37. The molecule has 1 N–H and O–H groups in total. The van der Waals surface area contributed by atoms with Crippen molar-refractivity contribution in [3.63, 3.8) is 0 Å². The number of likely N-dealkylation sites (tertiary alicyclic amines) is 1. The first-order chi connectivity index (χ1) is 12.1. The second-order valence-corrected chi connectivity index (χ2v) is 6.38. The molecule has 132 valence electrons. The van der Waals surface area contributed by atoms with Gasteiger partial charge in [-0.3, -0.25) is 0 Å². The molecule has 1 saturated heterocycles. The van der Waals surface area contributed by atoms with E-state index in [1.165, 1.54) is 0 Å². The predicted octanol–water partition coefficient (Wildman–Crippen LogP) is 3.43. The number of carbonyl (C=O) groups excluding carboxylic acids is 1. The number of rotatable bonds is 2. The lowest BCUT2D eigenvalue weighted by Gasteiger charge is -2.25. The summed E-state index contributed by atoms with van der Waals surface area (Å²) in [6.45, 7) is 5.59. The van der Waals surface area contributed by atoms with Gasteiger partial charge in [-0.05, 0) is 38.8 Å². The van der Waals surface area contributed by atoms with Crippen molar-refractivity contribution in [2.45, 2.75) is 32.7 Å². The van der Waals surface area contributed by atoms with Crippen LogP contribution in [0.25, 0.3) is 0 Å². The fourth-order valence-electron chi connectivity index (χ4n) is 3.59. The number of aromatic nitrogens is 1. The lowest BCUT2D eigenvalue weighted by molar-refractivity contribution is 0.171. The topological polar surface area (TPSA) is 76.8 Å². The van der Waals surface area contributed by atoms with Gasteiger partial charge >= 0.3 is 6.03 Å². The van der Waals surface area contributed by atoms with Gasteiger partial charge < -0.3 is 24.2 Å². The largest absolute Gasteiger partial charge is 0.486 e. The SMILES string of the molecule is Cc1noc(C)c1[C@@H]1CCCN1C(=O)Nc1ccc2c(c1)OCCO2. The van der Waals surface area contributed by atoms with Crippen molar-refractivity contribution in [2.75, 3.05) is 25.1 Å². The smallest absolute Gasteiger partial charge is 0.322 e. The fraction of sp³-hybridized carbons (Fsp3) is 0.444. The summed E-state index contributed by atoms with van der Waals surface area (Å²) in [7, 11) is 0. The molecule has 0 bridgehead atoms. The molecule has 1 fully saturated rings. The zero-order valence-electron chi connectivity index (χ0n) is 14.4. The molecule has 1 atom stereocenters. The zero-order chi connectivity index (χ0) is 17.4. The van der Waals surface area contributed by atoms with Gasteiger partial charge in [0.15, 0.2) is 11.5 Å². The lowest BCUT2D eigenvalue weighted by Crippen LogP contribution is -2.34. The molecule has 4 rings (SSSR count). The summed E-state index contributed by atoms with van der Waals surface area (Å²) in [6, 6.07) is 5.32. The quantitative estimate of drug-likeness (QED) is 0.904. The van der Waals surface area contributed by atoms with Crippen LogP contribution in [0.15, 0.2) is 22.7 Å². The van der Waals surface area contributed by atoms with Gasteiger partial charge in [0, 0.05) is 23.9 Å². The van der Waals surface area contributed by atoms with Gasteiger partial charge in [0.2, 0.25) is 0 Å². The highest BCUT2D eigenvalue weighted by Gasteiger charge is 2.34. The van der Waals surface area contributed by atoms with Gasteiger partial charge in [0.25, 0.3) is 0 Å². The Labute approximate surface area is 145 Å². The van der Waals surface area contributed by atoms with Crippen LogP contribution in [-0.4, -0.2) is 35.8 Å². The number of amides is 2. The number of hydrogen-bond acceptors (Lipinski definition) is 5. The molecule has 2 aliphatic rings. The molecule has 2 amide bonds. The first-order valence-corrected chi connectivity index (χ1v) is 8.53. The molecule has 0 spiro atoms. The van der Waals surface area contributed by atoms with Crippen LogP contribution in [0, 0.1) is 13.8 Å². The van der Waals surface area contributed by atoms with Gasteiger partial charge in [0.1, 0.15) is 19.0 Å². The van der Waals surface area contributed by atoms with Crippen LogP contribution in [0.5, 0.6) is 11.5 Å². The third kappa shape index (κ3) is 2.90. The van der Waals surface area contributed by atoms with Crippen LogP contribution in [-0.2, 0) is 0 Å². The molecule has 0 radical (unpaired) electrons. The normalized spacial score (nSPS) is 19.1. The van der Waals surface area contributed by atoms with E-state index in [-0.39, 0.29) is 12.1 Å². The molecule has 2 aliphatic heterocycles. The number of benzene rings is 1. The standard InChI is InChI=1S/C18H21N3O4/c1-11-17(12(2)25-20-11)14-4-3-7-21(14)18(22)19-13-5-6-15-16(10-13)24-9-8-23-15/h5-6,10,14H,3-4,7-9H2,1-2H3,(H,19,22)/t14-/m0/s1. The van der Waals surface area contributed by atoms with Crippen molar-refractivity contribution in [3.8, 4) is 11.5 Å². The van der Waals surface area contributed by atoms with Gasteiger partial charge in [-0.2, -0.15) is 0 Å². The van der Waals surface area contributed by atoms with E-state index in [9.17, 15) is 4.79 Å². The molecule has 0 unspecified atom stereocenters. The van der Waals surface area contributed by atoms with E-state index in [1.807, 2.05) is 30.9 Å². The van der Waals surface area contributed by atoms with E-state index in [1.54, 1.807) is 6.07 Å². The van der Waals surface area contributed by atoms with Gasteiger partial charge in [0.05, 0.1) is 11.7 Å². The Kier molecular flexibility index (Phi) is 3.99. The van der Waals surface area contributed by atoms with Gasteiger partial charge in [-0.25, -0.2) is 4.79 Å². The minimum absolute atomic E-state index is 0.00320. The highest BCUT2D eigenvalue weighted by atomic mass is 16.6. The molecule has 2 aromatic rings. The fourth-order valence-corrected chi connectivity index (χ4v) is 3.59. The van der Waals surface area contributed by atoms with Crippen molar-refractivity contribution in [2.24, 2.45) is 0 Å². The first-order valence-electron chi connectivity index (χ1n) is 8.53. The number of ether oxygens (including phenoxy) is 2. The van der Waals surface area contributed by atoms with Gasteiger partial charge in [-0.1, -0.05) is 5.16 Å². The maximum Gasteiger partial charge on any atom is 0.322 e. The highest BCUT2D eigenvalue weighted by molar-refractivity contribution is 5.90. The molecule has 0 saturated carbocycles. The summed E-state index contributed by atoms with van der Waals surface area (Å²) >= 11 is 0. The lowest BCUT2D eigenvalue weighted by atomic mass is 10.0. The number of nitrogens with one attached hydrogen (secondary N) is 1. The van der Waals surface area contributed by atoms with E-state index in [0.717, 1.165) is 29.9 Å². The summed E-state index contributed by atoms with van der Waals surface area (Å²) in [4.78, 5) is 14.7. The molecule has 7 nitrogen and oxygen atoms in total. The molecule has 1 aromatic heterocycles. The number of anilines is 1. The Morgan fingerprint density at radius 3 is 2.80 bits per heavy atom. The van der Waals surface area contributed by atoms with E-state index in [4.69, 9.17) is 14.0 Å². The van der Waals surface area contributed by atoms with Crippen LogP contribution < -0.4 is 14.8 Å². The Morgan fingerprint density at radius 2 is 2.04 bits per heavy atom. The molecular formula is C18H21N3O4. The minimum atomic E-state index is -0.126. The number of nitrogens with zero attached hydrogens (tertiary/aromatic N) is 2. The average molecular weight is 343 g/mol. The van der Waals surface area contributed by atoms with Gasteiger partial charge in [-0.15, -0.1) is 0 Å². The van der Waals surface area contributed by atoms with E-state index in [0.29, 0.717) is 36.9 Å². The minimum Gasteiger partial charge on any atom is -0.486 e. The average Bonchev–Trinajstić information content (AvgIpc) is 3.21. The number of fused-ring (bicyclic) bond motifs is 1. The Balaban J connectivity index is 1.52. The van der Waals surface area contributed by atoms with Crippen molar-refractivity contribution < 1.29 is 18.8 Å². The molecule has 0 aliphatic carbocycles. The van der Waals surface area contributed by atoms with Crippen LogP contribution in [0.2, 0.25) is 0 Å². The second-order valence-electron chi connectivity index (χ2n) is 6.38. The second kappa shape index (κ2) is 6.31. The summed E-state index contributed by atoms with van der Waals surface area (Å²) in [5, 5.41) is 6.99. The van der Waals surface area contributed by atoms with E-state index >= 15 is 0 Å². The van der Waals surface area contributed by atoms with Crippen molar-refractivity contribution in [1.82, 2.24) is 10.1 Å². The van der Waals surface area contributed by atoms with Crippen molar-refractivity contribution in [3.05, 3.63) is 35.2 Å². The van der Waals surface area contributed by atoms with Crippen LogP contribution in [0.4, 0.5) is 10.5 Å². The Bertz CT molecular complexity index is 782. The monoisotopic (exact) mass is 343 g/mol. The van der Waals surface area contributed by atoms with E-state index in [2.05, 4.69) is 10.5 Å². The summed E-state index contributed by atoms with van der Waals surface area (Å²) in [6.07, 6.45) is 1.88. The molecule has 7 heteroatoms. The molecule has 25 heavy (non-hydrogen) atoms. The predicted molar refractivity (Wildman–Crippen MR) is 91.1 cm³/mol. The molecule has 3 heterocycles. The van der Waals surface area contributed by atoms with E-state index < -0.39 is 0 Å². The molecular weight excluding hydrogens is 322 g/mol. The zero-order valence-corrected chi connectivity index (χ0v) is 14.4. The van der Waals surface area contributed by atoms with Crippen molar-refractivity contribution >= 4 is 11.7 Å². The number of aryl methyl sites for hydroxylation is 2. The summed E-state index contributed by atoms with van der Waals surface area (Å²) in [5.41, 5.74) is 2.56. The number of urea groups is 1. The number of hydrogen-bond donors (Lipinski definition) is 1. The summed E-state index contributed by atoms with van der Waals surface area (Å²) < 4.78 is 16.4. The molecule has 1 aromatic carbocycles. The third-order valence-corrected chi connectivity index (χ3v) is 4.73. The Hall–Kier alpha value is -2.70. The Morgan fingerprint density at radius 1 is 1.24 bits per heavy atom. The van der Waals surface area contributed by atoms with Crippen LogP contribution >= 0.6 is 0 Å².